The Bertz CT molecular complexity index is 476. The van der Waals surface area contributed by atoms with Gasteiger partial charge in [0.05, 0.1) is 18.2 Å². The summed E-state index contributed by atoms with van der Waals surface area (Å²) in [5.74, 6) is 0. The van der Waals surface area contributed by atoms with E-state index in [4.69, 9.17) is 10.5 Å². The average Bonchev–Trinajstić information content (AvgIpc) is 2.49. The third-order valence-corrected chi connectivity index (χ3v) is 5.05. The van der Waals surface area contributed by atoms with E-state index in [2.05, 4.69) is 43.0 Å². The van der Waals surface area contributed by atoms with Crippen molar-refractivity contribution in [3.63, 3.8) is 0 Å². The summed E-state index contributed by atoms with van der Waals surface area (Å²) in [6.07, 6.45) is 3.87. The number of ether oxygens (including phenoxy) is 1. The van der Waals surface area contributed by atoms with Crippen molar-refractivity contribution >= 4 is 0 Å². The van der Waals surface area contributed by atoms with Crippen LogP contribution in [0.5, 0.6) is 0 Å². The zero-order chi connectivity index (χ0) is 14.2. The molecule has 0 radical (unpaired) electrons. The molecule has 0 saturated carbocycles. The lowest BCUT2D eigenvalue weighted by Gasteiger charge is -2.52. The van der Waals surface area contributed by atoms with E-state index in [1.165, 1.54) is 24.0 Å². The lowest BCUT2D eigenvalue weighted by molar-refractivity contribution is -0.0993. The van der Waals surface area contributed by atoms with Gasteiger partial charge in [-0.15, -0.1) is 0 Å². The molecule has 0 amide bonds. The first-order chi connectivity index (χ1) is 9.67. The topological polar surface area (TPSA) is 38.5 Å². The largest absolute Gasteiger partial charge is 0.376 e. The third kappa shape index (κ3) is 2.18. The van der Waals surface area contributed by atoms with Crippen LogP contribution in [0.25, 0.3) is 0 Å². The van der Waals surface area contributed by atoms with Crippen molar-refractivity contribution in [2.24, 2.45) is 5.73 Å². The van der Waals surface area contributed by atoms with Gasteiger partial charge in [-0.2, -0.15) is 0 Å². The summed E-state index contributed by atoms with van der Waals surface area (Å²) in [6.45, 7) is 6.91. The molecule has 3 heteroatoms. The summed E-state index contributed by atoms with van der Waals surface area (Å²) in [7, 11) is 0. The molecule has 1 aliphatic heterocycles. The van der Waals surface area contributed by atoms with Gasteiger partial charge in [0.25, 0.3) is 0 Å². The zero-order valence-corrected chi connectivity index (χ0v) is 12.6. The van der Waals surface area contributed by atoms with Crippen LogP contribution >= 0.6 is 0 Å². The summed E-state index contributed by atoms with van der Waals surface area (Å²) in [6, 6.07) is 9.29. The van der Waals surface area contributed by atoms with Crippen LogP contribution in [0.15, 0.2) is 24.3 Å². The fourth-order valence-electron chi connectivity index (χ4n) is 4.03. The molecule has 3 rings (SSSR count). The average molecular weight is 274 g/mol. The van der Waals surface area contributed by atoms with Gasteiger partial charge in [0, 0.05) is 19.1 Å². The molecule has 0 bridgehead atoms. The first-order valence-electron chi connectivity index (χ1n) is 7.84. The number of nitrogens with zero attached hydrogens (tertiary/aromatic N) is 1. The van der Waals surface area contributed by atoms with Gasteiger partial charge >= 0.3 is 0 Å². The molecule has 3 unspecified atom stereocenters. The van der Waals surface area contributed by atoms with Crippen LogP contribution in [0.4, 0.5) is 0 Å². The first-order valence-corrected chi connectivity index (χ1v) is 7.84. The minimum absolute atomic E-state index is 0.00625. The van der Waals surface area contributed by atoms with Crippen molar-refractivity contribution in [2.45, 2.75) is 50.8 Å². The fourth-order valence-corrected chi connectivity index (χ4v) is 4.03. The standard InChI is InChI=1S/C17H26N2O/c1-13-11-20-14(2)10-19(13)17(12-18)9-5-7-15-6-3-4-8-16(15)17/h3-4,6,8,13-14H,5,7,9-12,18H2,1-2H3. The summed E-state index contributed by atoms with van der Waals surface area (Å²) in [5, 5.41) is 0. The maximum Gasteiger partial charge on any atom is 0.0675 e. The van der Waals surface area contributed by atoms with Crippen LogP contribution in [0, 0.1) is 0 Å². The summed E-state index contributed by atoms with van der Waals surface area (Å²) in [5.41, 5.74) is 9.25. The highest BCUT2D eigenvalue weighted by Gasteiger charge is 2.44. The van der Waals surface area contributed by atoms with Crippen LogP contribution in [-0.4, -0.2) is 36.7 Å². The highest BCUT2D eigenvalue weighted by Crippen LogP contribution is 2.41. The van der Waals surface area contributed by atoms with E-state index in [0.717, 1.165) is 19.6 Å². The Labute approximate surface area is 122 Å². The predicted octanol–water partition coefficient (Wildman–Crippen LogP) is 2.29. The maximum absolute atomic E-state index is 6.31. The van der Waals surface area contributed by atoms with Crippen molar-refractivity contribution in [3.05, 3.63) is 35.4 Å². The molecule has 0 aromatic heterocycles. The molecule has 1 aliphatic carbocycles. The third-order valence-electron chi connectivity index (χ3n) is 5.05. The van der Waals surface area contributed by atoms with Gasteiger partial charge in [-0.3, -0.25) is 4.90 Å². The smallest absolute Gasteiger partial charge is 0.0675 e. The van der Waals surface area contributed by atoms with Crippen LogP contribution in [-0.2, 0) is 16.7 Å². The summed E-state index contributed by atoms with van der Waals surface area (Å²) >= 11 is 0. The Morgan fingerprint density at radius 1 is 1.35 bits per heavy atom. The number of hydrogen-bond acceptors (Lipinski definition) is 3. The van der Waals surface area contributed by atoms with E-state index in [9.17, 15) is 0 Å². The molecule has 2 aliphatic rings. The lowest BCUT2D eigenvalue weighted by atomic mass is 9.74. The molecule has 1 fully saturated rings. The van der Waals surface area contributed by atoms with Gasteiger partial charge < -0.3 is 10.5 Å². The molecule has 3 nitrogen and oxygen atoms in total. The minimum atomic E-state index is 0.00625. The number of fused-ring (bicyclic) bond motifs is 1. The SMILES string of the molecule is CC1CN(C2(CN)CCCc3ccccc32)C(C)CO1. The number of rotatable bonds is 2. The van der Waals surface area contributed by atoms with Crippen LogP contribution < -0.4 is 5.73 Å². The predicted molar refractivity (Wildman–Crippen MR) is 81.7 cm³/mol. The second kappa shape index (κ2) is 5.47. The summed E-state index contributed by atoms with van der Waals surface area (Å²) < 4.78 is 5.81. The number of morpholine rings is 1. The van der Waals surface area contributed by atoms with Crippen molar-refractivity contribution in [3.8, 4) is 0 Å². The van der Waals surface area contributed by atoms with Crippen LogP contribution in [0.1, 0.15) is 37.8 Å². The Morgan fingerprint density at radius 2 is 2.15 bits per heavy atom. The van der Waals surface area contributed by atoms with Crippen LogP contribution in [0.2, 0.25) is 0 Å². The monoisotopic (exact) mass is 274 g/mol. The Morgan fingerprint density at radius 3 is 2.95 bits per heavy atom. The van der Waals surface area contributed by atoms with Crippen molar-refractivity contribution < 1.29 is 4.74 Å². The van der Waals surface area contributed by atoms with Crippen molar-refractivity contribution in [1.29, 1.82) is 0 Å². The Hall–Kier alpha value is -0.900. The fraction of sp³-hybridized carbons (Fsp3) is 0.647. The van der Waals surface area contributed by atoms with Crippen molar-refractivity contribution in [2.75, 3.05) is 19.7 Å². The lowest BCUT2D eigenvalue weighted by Crippen LogP contribution is -2.61. The van der Waals surface area contributed by atoms with E-state index in [1.807, 2.05) is 0 Å². The molecule has 2 N–H and O–H groups in total. The molecular weight excluding hydrogens is 248 g/mol. The molecule has 1 heterocycles. The highest BCUT2D eigenvalue weighted by molar-refractivity contribution is 5.37. The van der Waals surface area contributed by atoms with E-state index in [1.54, 1.807) is 0 Å². The van der Waals surface area contributed by atoms with Gasteiger partial charge in [-0.1, -0.05) is 24.3 Å². The Balaban J connectivity index is 2.03. The van der Waals surface area contributed by atoms with Gasteiger partial charge in [-0.05, 0) is 44.2 Å². The number of nitrogens with two attached hydrogens (primary N) is 1. The van der Waals surface area contributed by atoms with Crippen LogP contribution in [0.3, 0.4) is 0 Å². The van der Waals surface area contributed by atoms with E-state index < -0.39 is 0 Å². The van der Waals surface area contributed by atoms with E-state index >= 15 is 0 Å². The Kier molecular flexibility index (Phi) is 3.85. The normalized spacial score (nSPS) is 34.8. The second-order valence-corrected chi connectivity index (χ2v) is 6.39. The first kappa shape index (κ1) is 14.1. The molecule has 20 heavy (non-hydrogen) atoms. The van der Waals surface area contributed by atoms with Gasteiger partial charge in [-0.25, -0.2) is 0 Å². The van der Waals surface area contributed by atoms with Crippen molar-refractivity contribution in [1.82, 2.24) is 4.90 Å². The molecule has 1 aromatic carbocycles. The molecule has 110 valence electrons. The number of hydrogen-bond donors (Lipinski definition) is 1. The van der Waals surface area contributed by atoms with Gasteiger partial charge in [0.2, 0.25) is 0 Å². The zero-order valence-electron chi connectivity index (χ0n) is 12.6. The summed E-state index contributed by atoms with van der Waals surface area (Å²) in [4.78, 5) is 2.61. The highest BCUT2D eigenvalue weighted by atomic mass is 16.5. The molecule has 1 aromatic rings. The molecular formula is C17H26N2O. The molecule has 1 saturated heterocycles. The van der Waals surface area contributed by atoms with E-state index in [0.29, 0.717) is 18.7 Å². The molecule has 0 spiro atoms. The number of benzene rings is 1. The minimum Gasteiger partial charge on any atom is -0.376 e. The van der Waals surface area contributed by atoms with Gasteiger partial charge in [0.1, 0.15) is 0 Å². The van der Waals surface area contributed by atoms with Gasteiger partial charge in [0.15, 0.2) is 0 Å². The van der Waals surface area contributed by atoms with E-state index in [-0.39, 0.29) is 5.54 Å². The quantitative estimate of drug-likeness (QED) is 0.899. The number of aryl methyl sites for hydroxylation is 1. The second-order valence-electron chi connectivity index (χ2n) is 6.39. The maximum atomic E-state index is 6.31. The molecule has 3 atom stereocenters.